The molecule has 0 N–H and O–H groups in total. The fraction of sp³-hybridized carbons (Fsp3) is 0.857. The van der Waals surface area contributed by atoms with E-state index < -0.39 is 0 Å². The molecule has 0 aromatic carbocycles. The topological polar surface area (TPSA) is 37.4 Å². The first kappa shape index (κ1) is 27.9. The molecule has 2 amide bonds. The lowest BCUT2D eigenvalue weighted by Crippen LogP contribution is -2.34. The Bertz CT molecular complexity index is 467. The number of rotatable bonds is 22. The molecular weight excluding hydrogens is 382 g/mol. The van der Waals surface area contributed by atoms with Crippen molar-refractivity contribution in [2.24, 2.45) is 5.92 Å². The molecule has 180 valence electrons. The number of imide groups is 1. The summed E-state index contributed by atoms with van der Waals surface area (Å²) in [5, 5.41) is 0. The second kappa shape index (κ2) is 19.6. The van der Waals surface area contributed by atoms with Crippen LogP contribution in [-0.4, -0.2) is 23.3 Å². The lowest BCUT2D eigenvalue weighted by atomic mass is 9.93. The van der Waals surface area contributed by atoms with E-state index in [4.69, 9.17) is 0 Å². The zero-order valence-corrected chi connectivity index (χ0v) is 20.8. The molecule has 0 spiro atoms. The average Bonchev–Trinajstić information content (AvgIpc) is 3.08. The van der Waals surface area contributed by atoms with Crippen LogP contribution in [0.1, 0.15) is 142 Å². The molecule has 0 saturated carbocycles. The Hall–Kier alpha value is -1.12. The molecule has 1 aliphatic rings. The van der Waals surface area contributed by atoms with Gasteiger partial charge in [0.15, 0.2) is 0 Å². The fourth-order valence-corrected chi connectivity index (χ4v) is 4.68. The first-order chi connectivity index (χ1) is 15.2. The van der Waals surface area contributed by atoms with E-state index in [-0.39, 0.29) is 11.8 Å². The van der Waals surface area contributed by atoms with Crippen molar-refractivity contribution >= 4 is 11.8 Å². The van der Waals surface area contributed by atoms with E-state index in [0.29, 0.717) is 12.5 Å². The summed E-state index contributed by atoms with van der Waals surface area (Å²) in [4.78, 5) is 25.4. The van der Waals surface area contributed by atoms with Gasteiger partial charge in [0.25, 0.3) is 11.8 Å². The summed E-state index contributed by atoms with van der Waals surface area (Å²) in [6, 6.07) is 0. The lowest BCUT2D eigenvalue weighted by Gasteiger charge is -2.22. The Morgan fingerprint density at radius 1 is 0.548 bits per heavy atom. The summed E-state index contributed by atoms with van der Waals surface area (Å²) < 4.78 is 0. The van der Waals surface area contributed by atoms with Crippen molar-refractivity contribution in [2.45, 2.75) is 142 Å². The van der Waals surface area contributed by atoms with Gasteiger partial charge in [-0.05, 0) is 18.8 Å². The van der Waals surface area contributed by atoms with Gasteiger partial charge in [-0.15, -0.1) is 0 Å². The summed E-state index contributed by atoms with van der Waals surface area (Å²) in [6.45, 7) is 5.16. The zero-order valence-electron chi connectivity index (χ0n) is 20.8. The normalized spacial score (nSPS) is 14.7. The maximum Gasteiger partial charge on any atom is 0.253 e. The van der Waals surface area contributed by atoms with Crippen LogP contribution < -0.4 is 0 Å². The fourth-order valence-electron chi connectivity index (χ4n) is 4.68. The van der Waals surface area contributed by atoms with Crippen LogP contribution in [0, 0.1) is 5.92 Å². The number of unbranched alkanes of at least 4 members (excludes halogenated alkanes) is 16. The summed E-state index contributed by atoms with van der Waals surface area (Å²) >= 11 is 0. The van der Waals surface area contributed by atoms with Crippen LogP contribution in [0.4, 0.5) is 0 Å². The SMILES string of the molecule is CCCCCCCCCCCCC(CCCCCCCCCC)CN1C(=O)C=CC1=O. The third-order valence-corrected chi connectivity index (χ3v) is 6.77. The smallest absolute Gasteiger partial charge is 0.253 e. The highest BCUT2D eigenvalue weighted by Gasteiger charge is 2.26. The molecule has 0 saturated heterocycles. The van der Waals surface area contributed by atoms with E-state index >= 15 is 0 Å². The standard InChI is InChI=1S/C28H51NO2/c1-3-5-7-9-11-13-14-16-18-20-22-26(25-29-27(30)23-24-28(29)31)21-19-17-15-12-10-8-6-4-2/h23-24,26H,3-22,25H2,1-2H3. The quantitative estimate of drug-likeness (QED) is 0.127. The van der Waals surface area contributed by atoms with Crippen LogP contribution in [0.3, 0.4) is 0 Å². The van der Waals surface area contributed by atoms with E-state index in [2.05, 4.69) is 13.8 Å². The molecule has 3 nitrogen and oxygen atoms in total. The number of amides is 2. The van der Waals surface area contributed by atoms with E-state index in [1.165, 1.54) is 133 Å². The summed E-state index contributed by atoms with van der Waals surface area (Å²) in [7, 11) is 0. The van der Waals surface area contributed by atoms with Crippen LogP contribution in [0.2, 0.25) is 0 Å². The summed E-state index contributed by atoms with van der Waals surface area (Å²) in [5.41, 5.74) is 0. The van der Waals surface area contributed by atoms with Gasteiger partial charge in [-0.3, -0.25) is 14.5 Å². The first-order valence-corrected chi connectivity index (χ1v) is 13.7. The highest BCUT2D eigenvalue weighted by atomic mass is 16.2. The Balaban J connectivity index is 2.19. The molecule has 0 aromatic heterocycles. The van der Waals surface area contributed by atoms with Crippen LogP contribution >= 0.6 is 0 Å². The van der Waals surface area contributed by atoms with E-state index in [9.17, 15) is 9.59 Å². The van der Waals surface area contributed by atoms with Crippen LogP contribution in [0.15, 0.2) is 12.2 Å². The van der Waals surface area contributed by atoms with Crippen molar-refractivity contribution in [1.29, 1.82) is 0 Å². The van der Waals surface area contributed by atoms with Crippen molar-refractivity contribution < 1.29 is 9.59 Å². The predicted molar refractivity (Wildman–Crippen MR) is 133 cm³/mol. The lowest BCUT2D eigenvalue weighted by molar-refractivity contribution is -0.137. The molecule has 0 fully saturated rings. The molecule has 3 heteroatoms. The third kappa shape index (κ3) is 14.5. The van der Waals surface area contributed by atoms with Crippen molar-refractivity contribution in [3.05, 3.63) is 12.2 Å². The minimum absolute atomic E-state index is 0.117. The van der Waals surface area contributed by atoms with Gasteiger partial charge in [0.2, 0.25) is 0 Å². The van der Waals surface area contributed by atoms with Gasteiger partial charge in [-0.1, -0.05) is 129 Å². The third-order valence-electron chi connectivity index (χ3n) is 6.77. The van der Waals surface area contributed by atoms with Gasteiger partial charge in [0.1, 0.15) is 0 Å². The monoisotopic (exact) mass is 433 g/mol. The molecule has 0 aliphatic carbocycles. The van der Waals surface area contributed by atoms with Gasteiger partial charge in [0.05, 0.1) is 0 Å². The number of carbonyl (C=O) groups excluding carboxylic acids is 2. The zero-order chi connectivity index (χ0) is 22.6. The van der Waals surface area contributed by atoms with Crippen LogP contribution in [-0.2, 0) is 9.59 Å². The van der Waals surface area contributed by atoms with Crippen LogP contribution in [0.5, 0.6) is 0 Å². The maximum absolute atomic E-state index is 12.0. The summed E-state index contributed by atoms with van der Waals surface area (Å²) in [5.74, 6) is 0.241. The van der Waals surface area contributed by atoms with Crippen molar-refractivity contribution in [3.63, 3.8) is 0 Å². The molecule has 0 radical (unpaired) electrons. The minimum atomic E-state index is -0.117. The van der Waals surface area contributed by atoms with Crippen molar-refractivity contribution in [2.75, 3.05) is 6.54 Å². The van der Waals surface area contributed by atoms with Gasteiger partial charge in [0, 0.05) is 18.7 Å². The molecule has 1 heterocycles. The van der Waals surface area contributed by atoms with E-state index in [1.807, 2.05) is 0 Å². The van der Waals surface area contributed by atoms with Crippen molar-refractivity contribution in [1.82, 2.24) is 4.90 Å². The Morgan fingerprint density at radius 3 is 1.23 bits per heavy atom. The maximum atomic E-state index is 12.0. The van der Waals surface area contributed by atoms with Gasteiger partial charge >= 0.3 is 0 Å². The molecule has 31 heavy (non-hydrogen) atoms. The molecular formula is C28H51NO2. The highest BCUT2D eigenvalue weighted by molar-refractivity contribution is 6.12. The predicted octanol–water partition coefficient (Wildman–Crippen LogP) is 8.37. The Labute approximate surface area is 193 Å². The van der Waals surface area contributed by atoms with Crippen molar-refractivity contribution in [3.8, 4) is 0 Å². The van der Waals surface area contributed by atoms with E-state index in [1.54, 1.807) is 0 Å². The number of carbonyl (C=O) groups is 2. The Morgan fingerprint density at radius 2 is 0.871 bits per heavy atom. The molecule has 1 rings (SSSR count). The average molecular weight is 434 g/mol. The molecule has 1 unspecified atom stereocenters. The highest BCUT2D eigenvalue weighted by Crippen LogP contribution is 2.22. The minimum Gasteiger partial charge on any atom is -0.275 e. The first-order valence-electron chi connectivity index (χ1n) is 13.7. The van der Waals surface area contributed by atoms with E-state index in [0.717, 1.165) is 12.8 Å². The second-order valence-corrected chi connectivity index (χ2v) is 9.72. The molecule has 0 bridgehead atoms. The largest absolute Gasteiger partial charge is 0.275 e. The molecule has 0 aromatic rings. The number of hydrogen-bond donors (Lipinski definition) is 0. The number of nitrogens with zero attached hydrogens (tertiary/aromatic N) is 1. The van der Waals surface area contributed by atoms with Gasteiger partial charge < -0.3 is 0 Å². The Kier molecular flexibility index (Phi) is 17.6. The van der Waals surface area contributed by atoms with Crippen LogP contribution in [0.25, 0.3) is 0 Å². The molecule has 1 aliphatic heterocycles. The number of hydrogen-bond acceptors (Lipinski definition) is 2. The van der Waals surface area contributed by atoms with Gasteiger partial charge in [-0.2, -0.15) is 0 Å². The van der Waals surface area contributed by atoms with Gasteiger partial charge in [-0.25, -0.2) is 0 Å². The molecule has 1 atom stereocenters. The summed E-state index contributed by atoms with van der Waals surface area (Å²) in [6.07, 6.45) is 29.3. The second-order valence-electron chi connectivity index (χ2n) is 9.72.